The van der Waals surface area contributed by atoms with Crippen molar-refractivity contribution in [1.29, 1.82) is 0 Å². The van der Waals surface area contributed by atoms with E-state index in [1.807, 2.05) is 30.3 Å². The molecule has 2 heteroatoms. The van der Waals surface area contributed by atoms with Gasteiger partial charge in [-0.1, -0.05) is 50.8 Å². The molecule has 110 valence electrons. The molecule has 0 amide bonds. The normalized spacial score (nSPS) is 21.9. The molecule has 2 unspecified atom stereocenters. The van der Waals surface area contributed by atoms with E-state index in [-0.39, 0.29) is 12.1 Å². The van der Waals surface area contributed by atoms with Crippen molar-refractivity contribution in [2.75, 3.05) is 0 Å². The highest BCUT2D eigenvalue weighted by Crippen LogP contribution is 2.32. The van der Waals surface area contributed by atoms with Crippen molar-refractivity contribution in [3.63, 3.8) is 0 Å². The van der Waals surface area contributed by atoms with Crippen LogP contribution in [0, 0.1) is 5.92 Å². The van der Waals surface area contributed by atoms with Crippen molar-refractivity contribution < 1.29 is 9.53 Å². The molecular formula is C18H26O2. The molecule has 0 spiro atoms. The number of unbranched alkanes of at least 4 members (excludes halogenated alkanes) is 3. The third-order valence-corrected chi connectivity index (χ3v) is 4.29. The third-order valence-electron chi connectivity index (χ3n) is 4.29. The summed E-state index contributed by atoms with van der Waals surface area (Å²) >= 11 is 0. The topological polar surface area (TPSA) is 26.3 Å². The predicted molar refractivity (Wildman–Crippen MR) is 81.7 cm³/mol. The van der Waals surface area contributed by atoms with Crippen LogP contribution in [0.4, 0.5) is 0 Å². The summed E-state index contributed by atoms with van der Waals surface area (Å²) in [6.07, 6.45) is 10.0. The molecule has 1 aliphatic carbocycles. The molecule has 1 fully saturated rings. The van der Waals surface area contributed by atoms with Crippen LogP contribution in [0.5, 0.6) is 0 Å². The smallest absolute Gasteiger partial charge is 0.338 e. The standard InChI is InChI=1S/C18H26O2/c1-2-3-4-6-10-15-13-9-14-17(15)20-18(19)16-11-7-5-8-12-16/h5,7-8,11-12,15,17H,2-4,6,9-10,13-14H2,1H3. The molecule has 20 heavy (non-hydrogen) atoms. The van der Waals surface area contributed by atoms with Crippen molar-refractivity contribution in [3.05, 3.63) is 35.9 Å². The van der Waals surface area contributed by atoms with Crippen molar-refractivity contribution in [2.45, 2.75) is 64.4 Å². The summed E-state index contributed by atoms with van der Waals surface area (Å²) in [4.78, 5) is 12.1. The van der Waals surface area contributed by atoms with Crippen molar-refractivity contribution in [2.24, 2.45) is 5.92 Å². The summed E-state index contributed by atoms with van der Waals surface area (Å²) in [7, 11) is 0. The van der Waals surface area contributed by atoms with Gasteiger partial charge in [0, 0.05) is 0 Å². The highest BCUT2D eigenvalue weighted by Gasteiger charge is 2.30. The largest absolute Gasteiger partial charge is 0.458 e. The average Bonchev–Trinajstić information content (AvgIpc) is 2.92. The molecule has 1 aliphatic rings. The van der Waals surface area contributed by atoms with Gasteiger partial charge in [0.2, 0.25) is 0 Å². The van der Waals surface area contributed by atoms with E-state index in [1.165, 1.54) is 44.9 Å². The summed E-state index contributed by atoms with van der Waals surface area (Å²) < 4.78 is 5.73. The fourth-order valence-electron chi connectivity index (χ4n) is 3.10. The first kappa shape index (κ1) is 15.1. The Morgan fingerprint density at radius 1 is 1.15 bits per heavy atom. The maximum absolute atomic E-state index is 12.1. The first-order chi connectivity index (χ1) is 9.81. The van der Waals surface area contributed by atoms with Crippen LogP contribution in [0.1, 0.15) is 68.6 Å². The number of rotatable bonds is 7. The highest BCUT2D eigenvalue weighted by molar-refractivity contribution is 5.89. The second-order valence-electron chi connectivity index (χ2n) is 5.85. The lowest BCUT2D eigenvalue weighted by atomic mass is 9.97. The number of ether oxygens (including phenoxy) is 1. The number of carbonyl (C=O) groups excluding carboxylic acids is 1. The molecule has 0 heterocycles. The first-order valence-corrected chi connectivity index (χ1v) is 8.07. The lowest BCUT2D eigenvalue weighted by Gasteiger charge is -2.20. The molecule has 2 nitrogen and oxygen atoms in total. The second-order valence-corrected chi connectivity index (χ2v) is 5.85. The van der Waals surface area contributed by atoms with Crippen LogP contribution in [0.15, 0.2) is 30.3 Å². The molecule has 0 radical (unpaired) electrons. The van der Waals surface area contributed by atoms with E-state index in [0.717, 1.165) is 6.42 Å². The van der Waals surface area contributed by atoms with Gasteiger partial charge in [0.1, 0.15) is 6.10 Å². The van der Waals surface area contributed by atoms with Gasteiger partial charge in [-0.3, -0.25) is 0 Å². The molecule has 0 aromatic heterocycles. The van der Waals surface area contributed by atoms with Crippen LogP contribution >= 0.6 is 0 Å². The molecule has 1 aromatic carbocycles. The molecular weight excluding hydrogens is 248 g/mol. The van der Waals surface area contributed by atoms with Crippen LogP contribution in [0.3, 0.4) is 0 Å². The summed E-state index contributed by atoms with van der Waals surface area (Å²) in [5, 5.41) is 0. The summed E-state index contributed by atoms with van der Waals surface area (Å²) in [5.41, 5.74) is 0.670. The second kappa shape index (κ2) is 8.08. The maximum atomic E-state index is 12.1. The van der Waals surface area contributed by atoms with Gasteiger partial charge in [0.15, 0.2) is 0 Å². The Bertz CT molecular complexity index is 399. The third kappa shape index (κ3) is 4.36. The van der Waals surface area contributed by atoms with Gasteiger partial charge in [-0.25, -0.2) is 4.79 Å². The molecule has 1 saturated carbocycles. The van der Waals surface area contributed by atoms with E-state index >= 15 is 0 Å². The van der Waals surface area contributed by atoms with Crippen molar-refractivity contribution in [3.8, 4) is 0 Å². The Hall–Kier alpha value is -1.31. The van der Waals surface area contributed by atoms with Crippen molar-refractivity contribution in [1.82, 2.24) is 0 Å². The Labute approximate surface area is 122 Å². The number of hydrogen-bond donors (Lipinski definition) is 0. The van der Waals surface area contributed by atoms with E-state index in [1.54, 1.807) is 0 Å². The zero-order valence-electron chi connectivity index (χ0n) is 12.5. The molecule has 2 rings (SSSR count). The molecule has 1 aromatic rings. The lowest BCUT2D eigenvalue weighted by molar-refractivity contribution is 0.0194. The van der Waals surface area contributed by atoms with Crippen LogP contribution in [-0.2, 0) is 4.74 Å². The minimum absolute atomic E-state index is 0.143. The first-order valence-electron chi connectivity index (χ1n) is 8.07. The predicted octanol–water partition coefficient (Wildman–Crippen LogP) is 4.98. The highest BCUT2D eigenvalue weighted by atomic mass is 16.5. The fourth-order valence-corrected chi connectivity index (χ4v) is 3.10. The Kier molecular flexibility index (Phi) is 6.10. The van der Waals surface area contributed by atoms with Gasteiger partial charge < -0.3 is 4.74 Å². The zero-order chi connectivity index (χ0) is 14.2. The number of carbonyl (C=O) groups is 1. The molecule has 0 N–H and O–H groups in total. The van der Waals surface area contributed by atoms with E-state index < -0.39 is 0 Å². The quantitative estimate of drug-likeness (QED) is 0.517. The lowest BCUT2D eigenvalue weighted by Crippen LogP contribution is -2.22. The average molecular weight is 274 g/mol. The maximum Gasteiger partial charge on any atom is 0.338 e. The van der Waals surface area contributed by atoms with Gasteiger partial charge in [-0.15, -0.1) is 0 Å². The molecule has 0 bridgehead atoms. The summed E-state index contributed by atoms with van der Waals surface area (Å²) in [6, 6.07) is 9.34. The van der Waals surface area contributed by atoms with Gasteiger partial charge in [-0.2, -0.15) is 0 Å². The molecule has 2 atom stereocenters. The van der Waals surface area contributed by atoms with Crippen LogP contribution in [0.2, 0.25) is 0 Å². The number of esters is 1. The van der Waals surface area contributed by atoms with Crippen molar-refractivity contribution >= 4 is 5.97 Å². The van der Waals surface area contributed by atoms with E-state index in [4.69, 9.17) is 4.74 Å². The van der Waals surface area contributed by atoms with Crippen LogP contribution < -0.4 is 0 Å². The minimum atomic E-state index is -0.156. The number of benzene rings is 1. The summed E-state index contributed by atoms with van der Waals surface area (Å²) in [6.45, 7) is 2.24. The Balaban J connectivity index is 1.80. The van der Waals surface area contributed by atoms with E-state index in [0.29, 0.717) is 11.5 Å². The van der Waals surface area contributed by atoms with Gasteiger partial charge in [0.25, 0.3) is 0 Å². The monoisotopic (exact) mass is 274 g/mol. The Morgan fingerprint density at radius 2 is 1.95 bits per heavy atom. The van der Waals surface area contributed by atoms with Gasteiger partial charge in [0.05, 0.1) is 5.56 Å². The van der Waals surface area contributed by atoms with Gasteiger partial charge >= 0.3 is 5.97 Å². The zero-order valence-corrected chi connectivity index (χ0v) is 12.5. The van der Waals surface area contributed by atoms with Crippen LogP contribution in [0.25, 0.3) is 0 Å². The summed E-state index contributed by atoms with van der Waals surface area (Å²) in [5.74, 6) is 0.426. The van der Waals surface area contributed by atoms with E-state index in [2.05, 4.69) is 6.92 Å². The van der Waals surface area contributed by atoms with Gasteiger partial charge in [-0.05, 0) is 43.7 Å². The Morgan fingerprint density at radius 3 is 2.70 bits per heavy atom. The fraction of sp³-hybridized carbons (Fsp3) is 0.611. The SMILES string of the molecule is CCCCCCC1CCCC1OC(=O)c1ccccc1. The van der Waals surface area contributed by atoms with E-state index in [9.17, 15) is 4.79 Å². The number of hydrogen-bond acceptors (Lipinski definition) is 2. The molecule has 0 saturated heterocycles. The minimum Gasteiger partial charge on any atom is -0.458 e. The molecule has 0 aliphatic heterocycles. The van der Waals surface area contributed by atoms with Crippen LogP contribution in [-0.4, -0.2) is 12.1 Å².